The second-order valence-corrected chi connectivity index (χ2v) is 3.38. The lowest BCUT2D eigenvalue weighted by molar-refractivity contribution is 0.142. The zero-order valence-corrected chi connectivity index (χ0v) is 8.52. The van der Waals surface area contributed by atoms with Crippen molar-refractivity contribution in [1.29, 1.82) is 0 Å². The summed E-state index contributed by atoms with van der Waals surface area (Å²) in [4.78, 5) is 14.6. The van der Waals surface area contributed by atoms with Crippen LogP contribution in [0.25, 0.3) is 5.65 Å². The molecule has 0 atom stereocenters. The Hall–Kier alpha value is -1.75. The van der Waals surface area contributed by atoms with Crippen LogP contribution in [0, 0.1) is 6.92 Å². The molecule has 15 heavy (non-hydrogen) atoms. The summed E-state index contributed by atoms with van der Waals surface area (Å²) in [6, 6.07) is 3.36. The van der Waals surface area contributed by atoms with Crippen molar-refractivity contribution in [3.8, 4) is 5.88 Å². The molecule has 2 aromatic rings. The number of ether oxygens (including phenoxy) is 1. The normalized spacial score (nSPS) is 10.5. The van der Waals surface area contributed by atoms with Crippen LogP contribution in [-0.2, 0) is 0 Å². The molecule has 1 N–H and O–H groups in total. The summed E-state index contributed by atoms with van der Waals surface area (Å²) in [7, 11) is 0. The summed E-state index contributed by atoms with van der Waals surface area (Å²) in [6.45, 7) is 1.67. The third kappa shape index (κ3) is 1.73. The van der Waals surface area contributed by atoms with Crippen molar-refractivity contribution < 1.29 is 14.6 Å². The summed E-state index contributed by atoms with van der Waals surface area (Å²) < 4.78 is 6.10. The summed E-state index contributed by atoms with van der Waals surface area (Å²) >= 11 is 5.78. The number of carboxylic acid groups (broad SMARTS) is 1. The van der Waals surface area contributed by atoms with Gasteiger partial charge in [0.25, 0.3) is 0 Å². The number of carbonyl (C=O) groups is 1. The predicted molar refractivity (Wildman–Crippen MR) is 53.6 cm³/mol. The average molecular weight is 227 g/mol. The predicted octanol–water partition coefficient (Wildman–Crippen LogP) is 2.35. The van der Waals surface area contributed by atoms with Gasteiger partial charge in [0.2, 0.25) is 5.88 Å². The quantitative estimate of drug-likeness (QED) is 0.758. The van der Waals surface area contributed by atoms with Crippen LogP contribution in [0.3, 0.4) is 0 Å². The number of imidazole rings is 1. The fourth-order valence-corrected chi connectivity index (χ4v) is 1.48. The van der Waals surface area contributed by atoms with Gasteiger partial charge >= 0.3 is 6.16 Å². The minimum atomic E-state index is -1.38. The first-order valence-electron chi connectivity index (χ1n) is 4.13. The maximum Gasteiger partial charge on any atom is 0.512 e. The Kier molecular flexibility index (Phi) is 2.24. The number of pyridine rings is 1. The molecule has 78 valence electrons. The minimum absolute atomic E-state index is 0.167. The van der Waals surface area contributed by atoms with E-state index in [1.807, 2.05) is 0 Å². The zero-order valence-electron chi connectivity index (χ0n) is 7.77. The smallest absolute Gasteiger partial charge is 0.449 e. The molecule has 2 heterocycles. The van der Waals surface area contributed by atoms with Gasteiger partial charge in [0, 0.05) is 6.20 Å². The molecule has 0 saturated heterocycles. The molecule has 0 radical (unpaired) electrons. The molecule has 0 saturated carbocycles. The molecule has 0 spiro atoms. The van der Waals surface area contributed by atoms with E-state index < -0.39 is 6.16 Å². The highest BCUT2D eigenvalue weighted by Gasteiger charge is 2.13. The second kappa shape index (κ2) is 3.43. The van der Waals surface area contributed by atoms with Crippen LogP contribution in [0.1, 0.15) is 5.69 Å². The molecule has 2 rings (SSSR count). The van der Waals surface area contributed by atoms with Crippen molar-refractivity contribution in [3.63, 3.8) is 0 Å². The monoisotopic (exact) mass is 226 g/mol. The summed E-state index contributed by atoms with van der Waals surface area (Å²) in [6.07, 6.45) is 0.176. The standard InChI is InChI=1S/C9H7ClN2O3/c1-5-8(15-9(13)14)12-4-6(10)2-3-7(12)11-5/h2-4H,1H3,(H,13,14). The maximum absolute atomic E-state index is 10.5. The number of fused-ring (bicyclic) bond motifs is 1. The second-order valence-electron chi connectivity index (χ2n) is 2.95. The van der Waals surface area contributed by atoms with Gasteiger partial charge in [-0.2, -0.15) is 0 Å². The highest BCUT2D eigenvalue weighted by atomic mass is 35.5. The van der Waals surface area contributed by atoms with Crippen molar-refractivity contribution in [2.24, 2.45) is 0 Å². The Bertz CT molecular complexity index is 535. The Morgan fingerprint density at radius 2 is 2.33 bits per heavy atom. The van der Waals surface area contributed by atoms with Gasteiger partial charge in [0.15, 0.2) is 0 Å². The van der Waals surface area contributed by atoms with E-state index in [1.54, 1.807) is 25.3 Å². The SMILES string of the molecule is Cc1nc2ccc(Cl)cn2c1OC(=O)O. The van der Waals surface area contributed by atoms with Crippen LogP contribution in [0.15, 0.2) is 18.3 Å². The van der Waals surface area contributed by atoms with Crippen molar-refractivity contribution in [3.05, 3.63) is 29.0 Å². The van der Waals surface area contributed by atoms with Crippen LogP contribution in [-0.4, -0.2) is 20.6 Å². The third-order valence-electron chi connectivity index (χ3n) is 1.89. The van der Waals surface area contributed by atoms with Crippen LogP contribution >= 0.6 is 11.6 Å². The van der Waals surface area contributed by atoms with Crippen molar-refractivity contribution >= 4 is 23.4 Å². The van der Waals surface area contributed by atoms with Crippen LogP contribution in [0.4, 0.5) is 4.79 Å². The molecule has 0 unspecified atom stereocenters. The van der Waals surface area contributed by atoms with E-state index in [4.69, 9.17) is 16.7 Å². The van der Waals surface area contributed by atoms with E-state index in [0.29, 0.717) is 16.4 Å². The van der Waals surface area contributed by atoms with Gasteiger partial charge in [-0.15, -0.1) is 0 Å². The Morgan fingerprint density at radius 3 is 3.00 bits per heavy atom. The lowest BCUT2D eigenvalue weighted by Crippen LogP contribution is -2.06. The fourth-order valence-electron chi connectivity index (χ4n) is 1.32. The average Bonchev–Trinajstić information content (AvgIpc) is 2.43. The maximum atomic E-state index is 10.5. The zero-order chi connectivity index (χ0) is 11.0. The van der Waals surface area contributed by atoms with Crippen LogP contribution in [0.2, 0.25) is 5.02 Å². The van der Waals surface area contributed by atoms with Gasteiger partial charge in [-0.1, -0.05) is 11.6 Å². The summed E-state index contributed by atoms with van der Waals surface area (Å²) in [5.41, 5.74) is 1.09. The lowest BCUT2D eigenvalue weighted by Gasteiger charge is -2.00. The lowest BCUT2D eigenvalue weighted by atomic mass is 10.5. The van der Waals surface area contributed by atoms with Crippen LogP contribution in [0.5, 0.6) is 5.88 Å². The van der Waals surface area contributed by atoms with E-state index in [9.17, 15) is 4.79 Å². The number of halogens is 1. The number of aryl methyl sites for hydroxylation is 1. The molecule has 0 aliphatic heterocycles. The first-order chi connectivity index (χ1) is 7.08. The number of nitrogens with zero attached hydrogens (tertiary/aromatic N) is 2. The van der Waals surface area contributed by atoms with E-state index in [1.165, 1.54) is 4.40 Å². The summed E-state index contributed by atoms with van der Waals surface area (Å²) in [5, 5.41) is 9.02. The molecule has 6 heteroatoms. The highest BCUT2D eigenvalue weighted by molar-refractivity contribution is 6.30. The molecule has 0 bridgehead atoms. The molecule has 0 aromatic carbocycles. The number of rotatable bonds is 1. The topological polar surface area (TPSA) is 63.8 Å². The molecular weight excluding hydrogens is 220 g/mol. The van der Waals surface area contributed by atoms with Gasteiger partial charge in [0.05, 0.1) is 5.02 Å². The molecule has 2 aromatic heterocycles. The highest BCUT2D eigenvalue weighted by Crippen LogP contribution is 2.22. The van der Waals surface area contributed by atoms with Gasteiger partial charge in [-0.25, -0.2) is 9.78 Å². The Morgan fingerprint density at radius 1 is 1.60 bits per heavy atom. The van der Waals surface area contributed by atoms with Crippen molar-refractivity contribution in [2.45, 2.75) is 6.92 Å². The summed E-state index contributed by atoms with van der Waals surface area (Å²) in [5.74, 6) is 0.167. The van der Waals surface area contributed by atoms with Crippen molar-refractivity contribution in [1.82, 2.24) is 9.38 Å². The first kappa shape index (κ1) is 9.79. The van der Waals surface area contributed by atoms with Gasteiger partial charge in [-0.3, -0.25) is 4.40 Å². The molecule has 0 amide bonds. The van der Waals surface area contributed by atoms with E-state index >= 15 is 0 Å². The molecule has 0 fully saturated rings. The van der Waals surface area contributed by atoms with Crippen molar-refractivity contribution in [2.75, 3.05) is 0 Å². The third-order valence-corrected chi connectivity index (χ3v) is 2.11. The van der Waals surface area contributed by atoms with Gasteiger partial charge < -0.3 is 9.84 Å². The largest absolute Gasteiger partial charge is 0.512 e. The van der Waals surface area contributed by atoms with E-state index in [-0.39, 0.29) is 5.88 Å². The molecule has 0 aliphatic carbocycles. The molecule has 5 nitrogen and oxygen atoms in total. The number of hydrogen-bond acceptors (Lipinski definition) is 3. The number of aromatic nitrogens is 2. The first-order valence-corrected chi connectivity index (χ1v) is 4.50. The van der Waals surface area contributed by atoms with Gasteiger partial charge in [0.1, 0.15) is 11.3 Å². The minimum Gasteiger partial charge on any atom is -0.449 e. The fraction of sp³-hybridized carbons (Fsp3) is 0.111. The van der Waals surface area contributed by atoms with E-state index in [0.717, 1.165) is 0 Å². The Balaban J connectivity index is 2.65. The van der Waals surface area contributed by atoms with Crippen LogP contribution < -0.4 is 4.74 Å². The number of hydrogen-bond donors (Lipinski definition) is 1. The Labute approximate surface area is 89.9 Å². The van der Waals surface area contributed by atoms with Gasteiger partial charge in [-0.05, 0) is 19.1 Å². The molecule has 0 aliphatic rings. The van der Waals surface area contributed by atoms with E-state index in [2.05, 4.69) is 9.72 Å². The molecular formula is C9H7ClN2O3.